The molecule has 3 heteroatoms. The van der Waals surface area contributed by atoms with Crippen molar-refractivity contribution in [2.24, 2.45) is 0 Å². The van der Waals surface area contributed by atoms with E-state index in [-0.39, 0.29) is 0 Å². The summed E-state index contributed by atoms with van der Waals surface area (Å²) in [5, 5.41) is 3.10. The van der Waals surface area contributed by atoms with E-state index >= 15 is 0 Å². The molecule has 0 radical (unpaired) electrons. The highest BCUT2D eigenvalue weighted by Crippen LogP contribution is 2.04. The van der Waals surface area contributed by atoms with Crippen LogP contribution in [0.4, 0.5) is 0 Å². The highest BCUT2D eigenvalue weighted by atomic mass is 35.5. The summed E-state index contributed by atoms with van der Waals surface area (Å²) in [6, 6.07) is 4.15. The molecule has 0 aliphatic rings. The smallest absolute Gasteiger partial charge is 0.105 e. The number of rotatable bonds is 4. The van der Waals surface area contributed by atoms with Gasteiger partial charge in [0, 0.05) is 18.3 Å². The summed E-state index contributed by atoms with van der Waals surface area (Å²) in [6.07, 6.45) is 2.53. The van der Waals surface area contributed by atoms with Crippen LogP contribution in [0.3, 0.4) is 0 Å². The Bertz CT molecular complexity index is 182. The van der Waals surface area contributed by atoms with E-state index in [1.807, 2.05) is 19.2 Å². The minimum Gasteiger partial charge on any atom is -0.469 e. The highest BCUT2D eigenvalue weighted by Gasteiger charge is 2.06. The molecule has 0 fully saturated rings. The molecule has 0 amide bonds. The SMILES string of the molecule is CN[C@H](CCl)Cc1ccco1. The Balaban J connectivity index is 2.41. The van der Waals surface area contributed by atoms with Crippen molar-refractivity contribution in [3.8, 4) is 0 Å². The van der Waals surface area contributed by atoms with Crippen molar-refractivity contribution in [2.75, 3.05) is 12.9 Å². The van der Waals surface area contributed by atoms with Gasteiger partial charge in [-0.2, -0.15) is 0 Å². The van der Waals surface area contributed by atoms with Gasteiger partial charge in [-0.1, -0.05) is 0 Å². The summed E-state index contributed by atoms with van der Waals surface area (Å²) >= 11 is 5.68. The van der Waals surface area contributed by atoms with E-state index in [0.29, 0.717) is 11.9 Å². The van der Waals surface area contributed by atoms with Crippen molar-refractivity contribution in [3.05, 3.63) is 24.2 Å². The molecule has 1 atom stereocenters. The number of hydrogen-bond acceptors (Lipinski definition) is 2. The molecule has 1 aromatic heterocycles. The molecular formula is C8H12ClNO. The van der Waals surface area contributed by atoms with Crippen LogP contribution in [0.25, 0.3) is 0 Å². The van der Waals surface area contributed by atoms with Crippen molar-refractivity contribution < 1.29 is 4.42 Å². The predicted molar refractivity (Wildman–Crippen MR) is 46.0 cm³/mol. The molecule has 0 bridgehead atoms. The Hall–Kier alpha value is -0.470. The van der Waals surface area contributed by atoms with Gasteiger partial charge in [0.2, 0.25) is 0 Å². The van der Waals surface area contributed by atoms with Gasteiger partial charge in [0.25, 0.3) is 0 Å². The minimum absolute atomic E-state index is 0.308. The fraction of sp³-hybridized carbons (Fsp3) is 0.500. The van der Waals surface area contributed by atoms with Crippen molar-refractivity contribution >= 4 is 11.6 Å². The Morgan fingerprint density at radius 3 is 3.00 bits per heavy atom. The quantitative estimate of drug-likeness (QED) is 0.701. The molecule has 1 rings (SSSR count). The normalized spacial score (nSPS) is 13.3. The van der Waals surface area contributed by atoms with Crippen molar-refractivity contribution in [1.29, 1.82) is 0 Å². The fourth-order valence-electron chi connectivity index (χ4n) is 0.905. The second-order valence-electron chi connectivity index (χ2n) is 2.42. The molecule has 0 aliphatic heterocycles. The second-order valence-corrected chi connectivity index (χ2v) is 2.73. The van der Waals surface area contributed by atoms with Gasteiger partial charge in [-0.3, -0.25) is 0 Å². The zero-order valence-electron chi connectivity index (χ0n) is 6.51. The molecule has 0 unspecified atom stereocenters. The number of furan rings is 1. The van der Waals surface area contributed by atoms with E-state index in [0.717, 1.165) is 12.2 Å². The molecular weight excluding hydrogens is 162 g/mol. The van der Waals surface area contributed by atoms with Gasteiger partial charge in [0.1, 0.15) is 5.76 Å². The van der Waals surface area contributed by atoms with Crippen LogP contribution in [0.5, 0.6) is 0 Å². The highest BCUT2D eigenvalue weighted by molar-refractivity contribution is 6.18. The third-order valence-electron chi connectivity index (χ3n) is 1.62. The van der Waals surface area contributed by atoms with E-state index < -0.39 is 0 Å². The lowest BCUT2D eigenvalue weighted by Gasteiger charge is -2.09. The first-order chi connectivity index (χ1) is 5.36. The summed E-state index contributed by atoms with van der Waals surface area (Å²) < 4.78 is 5.17. The Labute approximate surface area is 71.5 Å². The average molecular weight is 174 g/mol. The van der Waals surface area contributed by atoms with Crippen molar-refractivity contribution in [3.63, 3.8) is 0 Å². The Kier molecular flexibility index (Phi) is 3.46. The van der Waals surface area contributed by atoms with Crippen LogP contribution in [0.1, 0.15) is 5.76 Å². The lowest BCUT2D eigenvalue weighted by Crippen LogP contribution is -2.28. The zero-order valence-corrected chi connectivity index (χ0v) is 7.27. The van der Waals surface area contributed by atoms with Gasteiger partial charge in [-0.05, 0) is 19.2 Å². The van der Waals surface area contributed by atoms with E-state index in [4.69, 9.17) is 16.0 Å². The second kappa shape index (κ2) is 4.42. The maximum Gasteiger partial charge on any atom is 0.105 e. The number of halogens is 1. The van der Waals surface area contributed by atoms with E-state index in [2.05, 4.69) is 5.32 Å². The van der Waals surface area contributed by atoms with Crippen LogP contribution >= 0.6 is 11.6 Å². The Morgan fingerprint density at radius 2 is 2.55 bits per heavy atom. The molecule has 0 spiro atoms. The predicted octanol–water partition coefficient (Wildman–Crippen LogP) is 1.65. The topological polar surface area (TPSA) is 25.2 Å². The average Bonchev–Trinajstić information content (AvgIpc) is 2.52. The summed E-state index contributed by atoms with van der Waals surface area (Å²) in [5.74, 6) is 1.59. The van der Waals surface area contributed by atoms with Crippen molar-refractivity contribution in [2.45, 2.75) is 12.5 Å². The van der Waals surface area contributed by atoms with Gasteiger partial charge >= 0.3 is 0 Å². The zero-order chi connectivity index (χ0) is 8.10. The van der Waals surface area contributed by atoms with Gasteiger partial charge in [-0.15, -0.1) is 11.6 Å². The van der Waals surface area contributed by atoms with Gasteiger partial charge in [0.15, 0.2) is 0 Å². The molecule has 0 saturated heterocycles. The maximum absolute atomic E-state index is 5.68. The fourth-order valence-corrected chi connectivity index (χ4v) is 1.17. The van der Waals surface area contributed by atoms with E-state index in [1.165, 1.54) is 0 Å². The molecule has 62 valence electrons. The first-order valence-corrected chi connectivity index (χ1v) is 4.16. The summed E-state index contributed by atoms with van der Waals surface area (Å²) in [5.41, 5.74) is 0. The maximum atomic E-state index is 5.68. The lowest BCUT2D eigenvalue weighted by atomic mass is 10.2. The molecule has 1 heterocycles. The number of likely N-dealkylation sites (N-methyl/N-ethyl adjacent to an activating group) is 1. The van der Waals surface area contributed by atoms with Gasteiger partial charge in [-0.25, -0.2) is 0 Å². The Morgan fingerprint density at radius 1 is 1.73 bits per heavy atom. The van der Waals surface area contributed by atoms with Gasteiger partial charge < -0.3 is 9.73 Å². The minimum atomic E-state index is 0.308. The van der Waals surface area contributed by atoms with Crippen LogP contribution in [0, 0.1) is 0 Å². The van der Waals surface area contributed by atoms with Crippen molar-refractivity contribution in [1.82, 2.24) is 5.32 Å². The number of alkyl halides is 1. The van der Waals surface area contributed by atoms with Crippen LogP contribution in [-0.2, 0) is 6.42 Å². The van der Waals surface area contributed by atoms with Gasteiger partial charge in [0.05, 0.1) is 6.26 Å². The van der Waals surface area contributed by atoms with Crippen LogP contribution in [-0.4, -0.2) is 19.0 Å². The first kappa shape index (κ1) is 8.62. The third-order valence-corrected chi connectivity index (χ3v) is 1.99. The summed E-state index contributed by atoms with van der Waals surface area (Å²) in [4.78, 5) is 0. The first-order valence-electron chi connectivity index (χ1n) is 3.62. The number of hydrogen-bond donors (Lipinski definition) is 1. The van der Waals surface area contributed by atoms with Crippen LogP contribution in [0.2, 0.25) is 0 Å². The van der Waals surface area contributed by atoms with E-state index in [1.54, 1.807) is 6.26 Å². The summed E-state index contributed by atoms with van der Waals surface area (Å²) in [7, 11) is 1.90. The number of nitrogens with one attached hydrogen (secondary N) is 1. The molecule has 2 nitrogen and oxygen atoms in total. The molecule has 1 aromatic rings. The standard InChI is InChI=1S/C8H12ClNO/c1-10-7(6-9)5-8-3-2-4-11-8/h2-4,7,10H,5-6H2,1H3/t7-/m0/s1. The molecule has 0 aromatic carbocycles. The monoisotopic (exact) mass is 173 g/mol. The molecule has 0 saturated carbocycles. The molecule has 11 heavy (non-hydrogen) atoms. The molecule has 0 aliphatic carbocycles. The lowest BCUT2D eigenvalue weighted by molar-refractivity contribution is 0.474. The van der Waals surface area contributed by atoms with Crippen LogP contribution < -0.4 is 5.32 Å². The van der Waals surface area contributed by atoms with E-state index in [9.17, 15) is 0 Å². The largest absolute Gasteiger partial charge is 0.469 e. The molecule has 1 N–H and O–H groups in total. The third kappa shape index (κ3) is 2.56. The summed E-state index contributed by atoms with van der Waals surface area (Å²) in [6.45, 7) is 0. The van der Waals surface area contributed by atoms with Crippen LogP contribution in [0.15, 0.2) is 22.8 Å².